The Balaban J connectivity index is 1.19. The van der Waals surface area contributed by atoms with Crippen LogP contribution >= 0.6 is 0 Å². The van der Waals surface area contributed by atoms with Gasteiger partial charge in [-0.2, -0.15) is 0 Å². The molecule has 3 aliphatic rings. The van der Waals surface area contributed by atoms with Gasteiger partial charge in [-0.1, -0.05) is 58.4 Å². The Labute approximate surface area is 210 Å². The standard InChI is InChI=1S/C32H52O2/c1-3-5-7-9-19-33-31-17-15-27-21-25(11-13-29(27)23-31)26-12-14-30-24-32(18-16-28(30)22-26)34-20-10-8-6-4-2/h15,17,23,25-26,28,30,32H,3-14,16,18-22,24H2,1-2H3. The molecule has 2 nitrogen and oxygen atoms in total. The summed E-state index contributed by atoms with van der Waals surface area (Å²) in [5, 5.41) is 0. The minimum Gasteiger partial charge on any atom is -0.494 e. The third-order valence-electron chi connectivity index (χ3n) is 9.33. The molecule has 1 aromatic rings. The molecule has 192 valence electrons. The SMILES string of the molecule is CCCCCCOc1ccc2c(c1)CCC(C1CCC3CC(OCCCCCC)CCC3C1)C2. The Morgan fingerprint density at radius 3 is 2.18 bits per heavy atom. The van der Waals surface area contributed by atoms with Gasteiger partial charge in [-0.3, -0.25) is 0 Å². The summed E-state index contributed by atoms with van der Waals surface area (Å²) in [4.78, 5) is 0. The highest BCUT2D eigenvalue weighted by Gasteiger charge is 2.38. The van der Waals surface area contributed by atoms with E-state index in [4.69, 9.17) is 9.47 Å². The minimum atomic E-state index is 0.559. The number of hydrogen-bond acceptors (Lipinski definition) is 2. The van der Waals surface area contributed by atoms with Gasteiger partial charge in [-0.25, -0.2) is 0 Å². The monoisotopic (exact) mass is 468 g/mol. The maximum absolute atomic E-state index is 6.30. The summed E-state index contributed by atoms with van der Waals surface area (Å²) in [6.45, 7) is 6.42. The molecule has 5 atom stereocenters. The van der Waals surface area contributed by atoms with Gasteiger partial charge in [0.1, 0.15) is 5.75 Å². The predicted molar refractivity (Wildman–Crippen MR) is 144 cm³/mol. The molecule has 0 amide bonds. The lowest BCUT2D eigenvalue weighted by Crippen LogP contribution is -2.37. The van der Waals surface area contributed by atoms with E-state index >= 15 is 0 Å². The molecule has 0 spiro atoms. The van der Waals surface area contributed by atoms with E-state index in [1.165, 1.54) is 109 Å². The van der Waals surface area contributed by atoms with Gasteiger partial charge in [-0.15, -0.1) is 0 Å². The van der Waals surface area contributed by atoms with Gasteiger partial charge in [0.05, 0.1) is 12.7 Å². The average Bonchev–Trinajstić information content (AvgIpc) is 2.87. The maximum atomic E-state index is 6.30. The zero-order chi connectivity index (χ0) is 23.6. The lowest BCUT2D eigenvalue weighted by molar-refractivity contribution is -0.0250. The van der Waals surface area contributed by atoms with Crippen molar-refractivity contribution in [3.63, 3.8) is 0 Å². The maximum Gasteiger partial charge on any atom is 0.119 e. The molecule has 0 aliphatic heterocycles. The Kier molecular flexibility index (Phi) is 10.7. The van der Waals surface area contributed by atoms with Gasteiger partial charge < -0.3 is 9.47 Å². The lowest BCUT2D eigenvalue weighted by Gasteiger charge is -2.45. The average molecular weight is 469 g/mol. The Bertz CT molecular complexity index is 713. The van der Waals surface area contributed by atoms with Crippen molar-refractivity contribution >= 4 is 0 Å². The van der Waals surface area contributed by atoms with E-state index in [0.717, 1.165) is 42.6 Å². The molecule has 0 heterocycles. The number of unbranched alkanes of at least 4 members (excludes halogenated alkanes) is 6. The first-order valence-electron chi connectivity index (χ1n) is 15.1. The summed E-state index contributed by atoms with van der Waals surface area (Å²) in [5.41, 5.74) is 3.17. The van der Waals surface area contributed by atoms with Crippen LogP contribution in [0, 0.1) is 23.7 Å². The Hall–Kier alpha value is -1.02. The van der Waals surface area contributed by atoms with E-state index in [1.807, 2.05) is 0 Å². The molecule has 0 bridgehead atoms. The van der Waals surface area contributed by atoms with Crippen LogP contribution in [-0.2, 0) is 17.6 Å². The number of ether oxygens (including phenoxy) is 2. The molecule has 1 aromatic carbocycles. The van der Waals surface area contributed by atoms with E-state index < -0.39 is 0 Å². The Morgan fingerprint density at radius 2 is 1.38 bits per heavy atom. The van der Waals surface area contributed by atoms with Crippen molar-refractivity contribution in [3.8, 4) is 5.75 Å². The molecule has 2 heteroatoms. The summed E-state index contributed by atoms with van der Waals surface area (Å²) in [6.07, 6.45) is 23.4. The van der Waals surface area contributed by atoms with Crippen molar-refractivity contribution in [2.75, 3.05) is 13.2 Å². The van der Waals surface area contributed by atoms with Crippen molar-refractivity contribution in [1.29, 1.82) is 0 Å². The highest BCUT2D eigenvalue weighted by atomic mass is 16.5. The van der Waals surface area contributed by atoms with Crippen LogP contribution < -0.4 is 4.74 Å². The molecule has 0 N–H and O–H groups in total. The van der Waals surface area contributed by atoms with Crippen LogP contribution in [-0.4, -0.2) is 19.3 Å². The molecule has 34 heavy (non-hydrogen) atoms. The summed E-state index contributed by atoms with van der Waals surface area (Å²) < 4.78 is 12.4. The largest absolute Gasteiger partial charge is 0.494 e. The van der Waals surface area contributed by atoms with E-state index in [-0.39, 0.29) is 0 Å². The number of hydrogen-bond donors (Lipinski definition) is 0. The molecule has 0 radical (unpaired) electrons. The van der Waals surface area contributed by atoms with E-state index in [1.54, 1.807) is 11.1 Å². The zero-order valence-corrected chi connectivity index (χ0v) is 22.4. The van der Waals surface area contributed by atoms with Gasteiger partial charge in [-0.05, 0) is 118 Å². The van der Waals surface area contributed by atoms with Crippen molar-refractivity contribution in [2.45, 2.75) is 129 Å². The molecule has 4 rings (SSSR count). The van der Waals surface area contributed by atoms with Crippen LogP contribution in [0.5, 0.6) is 5.75 Å². The third kappa shape index (κ3) is 7.49. The van der Waals surface area contributed by atoms with Gasteiger partial charge in [0.2, 0.25) is 0 Å². The lowest BCUT2D eigenvalue weighted by atomic mass is 9.62. The summed E-state index contributed by atoms with van der Waals surface area (Å²) in [5.74, 6) is 4.87. The van der Waals surface area contributed by atoms with Crippen molar-refractivity contribution in [3.05, 3.63) is 29.3 Å². The second-order valence-corrected chi connectivity index (χ2v) is 11.8. The fraction of sp³-hybridized carbons (Fsp3) is 0.812. The van der Waals surface area contributed by atoms with Crippen LogP contribution in [0.4, 0.5) is 0 Å². The fourth-order valence-corrected chi connectivity index (χ4v) is 7.21. The third-order valence-corrected chi connectivity index (χ3v) is 9.33. The summed E-state index contributed by atoms with van der Waals surface area (Å²) in [6, 6.07) is 6.98. The molecule has 3 aliphatic carbocycles. The first-order valence-corrected chi connectivity index (χ1v) is 15.1. The number of rotatable bonds is 13. The van der Waals surface area contributed by atoms with E-state index in [0.29, 0.717) is 6.10 Å². The molecular formula is C32H52O2. The van der Waals surface area contributed by atoms with Crippen molar-refractivity contribution < 1.29 is 9.47 Å². The van der Waals surface area contributed by atoms with Gasteiger partial charge in [0.15, 0.2) is 0 Å². The smallest absolute Gasteiger partial charge is 0.119 e. The van der Waals surface area contributed by atoms with Crippen LogP contribution in [0.15, 0.2) is 18.2 Å². The number of fused-ring (bicyclic) bond motifs is 2. The van der Waals surface area contributed by atoms with Crippen LogP contribution in [0.3, 0.4) is 0 Å². The molecule has 0 aromatic heterocycles. The second kappa shape index (κ2) is 13.9. The van der Waals surface area contributed by atoms with E-state index in [2.05, 4.69) is 32.0 Å². The number of benzene rings is 1. The summed E-state index contributed by atoms with van der Waals surface area (Å²) >= 11 is 0. The van der Waals surface area contributed by atoms with Gasteiger partial charge >= 0.3 is 0 Å². The second-order valence-electron chi connectivity index (χ2n) is 11.8. The van der Waals surface area contributed by atoms with Crippen LogP contribution in [0.25, 0.3) is 0 Å². The first kappa shape index (κ1) is 26.1. The van der Waals surface area contributed by atoms with E-state index in [9.17, 15) is 0 Å². The van der Waals surface area contributed by atoms with Crippen LogP contribution in [0.1, 0.15) is 121 Å². The minimum absolute atomic E-state index is 0.559. The fourth-order valence-electron chi connectivity index (χ4n) is 7.21. The molecule has 5 unspecified atom stereocenters. The van der Waals surface area contributed by atoms with Crippen molar-refractivity contribution in [2.24, 2.45) is 23.7 Å². The van der Waals surface area contributed by atoms with Gasteiger partial charge in [0, 0.05) is 6.61 Å². The molecule has 2 saturated carbocycles. The Morgan fingerprint density at radius 1 is 0.676 bits per heavy atom. The molecular weight excluding hydrogens is 416 g/mol. The first-order chi connectivity index (χ1) is 16.8. The highest BCUT2D eigenvalue weighted by molar-refractivity contribution is 5.37. The van der Waals surface area contributed by atoms with Crippen LogP contribution in [0.2, 0.25) is 0 Å². The zero-order valence-electron chi connectivity index (χ0n) is 22.4. The van der Waals surface area contributed by atoms with Gasteiger partial charge in [0.25, 0.3) is 0 Å². The quantitative estimate of drug-likeness (QED) is 0.269. The summed E-state index contributed by atoms with van der Waals surface area (Å²) in [7, 11) is 0. The molecule has 2 fully saturated rings. The number of aryl methyl sites for hydroxylation is 1. The topological polar surface area (TPSA) is 18.5 Å². The molecule has 0 saturated heterocycles. The normalized spacial score (nSPS) is 28.8. The van der Waals surface area contributed by atoms with Crippen molar-refractivity contribution in [1.82, 2.24) is 0 Å². The highest BCUT2D eigenvalue weighted by Crippen LogP contribution is 2.47. The predicted octanol–water partition coefficient (Wildman–Crippen LogP) is 8.93.